The molecule has 0 aliphatic heterocycles. The predicted molar refractivity (Wildman–Crippen MR) is 82.5 cm³/mol. The third-order valence-corrected chi connectivity index (χ3v) is 2.97. The van der Waals surface area contributed by atoms with E-state index in [2.05, 4.69) is 20.8 Å². The summed E-state index contributed by atoms with van der Waals surface area (Å²) in [6.07, 6.45) is 0. The molecule has 0 fully saturated rings. The number of benzene rings is 1. The van der Waals surface area contributed by atoms with E-state index in [1.807, 2.05) is 0 Å². The molecule has 118 valence electrons. The van der Waals surface area contributed by atoms with Crippen LogP contribution in [0.4, 0.5) is 0 Å². The second-order valence-electron chi connectivity index (χ2n) is 6.14. The predicted octanol–water partition coefficient (Wildman–Crippen LogP) is 2.83. The zero-order valence-electron chi connectivity index (χ0n) is 13.9. The molecule has 0 aromatic heterocycles. The average molecular weight is 295 g/mol. The minimum Gasteiger partial charge on any atom is -0.493 e. The minimum absolute atomic E-state index is 0.0328. The summed E-state index contributed by atoms with van der Waals surface area (Å²) in [5.41, 5.74) is 0.543. The van der Waals surface area contributed by atoms with Crippen molar-refractivity contribution in [1.29, 1.82) is 0 Å². The number of amides is 1. The number of carbonyl (C=O) groups excluding carboxylic acids is 1. The second kappa shape index (κ2) is 6.70. The number of hydrogen-bond donors (Lipinski definition) is 0. The van der Waals surface area contributed by atoms with E-state index in [9.17, 15) is 4.79 Å². The molecular formula is C16H25NO4. The molecule has 21 heavy (non-hydrogen) atoms. The largest absolute Gasteiger partial charge is 0.493 e. The Kier molecular flexibility index (Phi) is 5.47. The molecule has 0 spiro atoms. The second-order valence-corrected chi connectivity index (χ2v) is 6.14. The molecule has 0 saturated carbocycles. The number of methoxy groups -OCH3 is 3. The van der Waals surface area contributed by atoms with E-state index >= 15 is 0 Å². The molecule has 1 amide bonds. The molecule has 1 rings (SSSR count). The van der Waals surface area contributed by atoms with Gasteiger partial charge in [0.15, 0.2) is 11.5 Å². The lowest BCUT2D eigenvalue weighted by atomic mass is 9.96. The molecule has 0 unspecified atom stereocenters. The van der Waals surface area contributed by atoms with Gasteiger partial charge in [-0.1, -0.05) is 20.8 Å². The van der Waals surface area contributed by atoms with Gasteiger partial charge in [0.1, 0.15) is 0 Å². The summed E-state index contributed by atoms with van der Waals surface area (Å²) in [5.74, 6) is 1.35. The maximum atomic E-state index is 12.5. The molecule has 0 N–H and O–H groups in total. The SMILES string of the molecule is COc1cc(C(=O)N(C)CC(C)(C)C)cc(OC)c1OC. The van der Waals surface area contributed by atoms with Gasteiger partial charge in [0.05, 0.1) is 21.3 Å². The molecule has 0 radical (unpaired) electrons. The van der Waals surface area contributed by atoms with Crippen molar-refractivity contribution in [3.8, 4) is 17.2 Å². The van der Waals surface area contributed by atoms with Gasteiger partial charge < -0.3 is 19.1 Å². The first-order valence-electron chi connectivity index (χ1n) is 6.79. The quantitative estimate of drug-likeness (QED) is 0.838. The van der Waals surface area contributed by atoms with Crippen LogP contribution in [0.1, 0.15) is 31.1 Å². The summed E-state index contributed by atoms with van der Waals surface area (Å²) in [5, 5.41) is 0. The van der Waals surface area contributed by atoms with Gasteiger partial charge in [-0.25, -0.2) is 0 Å². The van der Waals surface area contributed by atoms with Gasteiger partial charge in [0.25, 0.3) is 5.91 Å². The number of rotatable bonds is 5. The number of hydrogen-bond acceptors (Lipinski definition) is 4. The Morgan fingerprint density at radius 2 is 1.52 bits per heavy atom. The van der Waals surface area contributed by atoms with Gasteiger partial charge >= 0.3 is 0 Å². The molecule has 0 atom stereocenters. The molecule has 0 aliphatic carbocycles. The van der Waals surface area contributed by atoms with Crippen molar-refractivity contribution in [2.45, 2.75) is 20.8 Å². The highest BCUT2D eigenvalue weighted by Gasteiger charge is 2.22. The van der Waals surface area contributed by atoms with Crippen LogP contribution in [-0.2, 0) is 0 Å². The lowest BCUT2D eigenvalue weighted by Gasteiger charge is -2.27. The molecule has 0 bridgehead atoms. The van der Waals surface area contributed by atoms with Crippen LogP contribution in [0.3, 0.4) is 0 Å². The maximum Gasteiger partial charge on any atom is 0.253 e. The van der Waals surface area contributed by atoms with Crippen LogP contribution in [0.5, 0.6) is 17.2 Å². The first-order chi connectivity index (χ1) is 9.73. The molecule has 5 nitrogen and oxygen atoms in total. The first kappa shape index (κ1) is 17.1. The maximum absolute atomic E-state index is 12.5. The van der Waals surface area contributed by atoms with Crippen molar-refractivity contribution in [2.75, 3.05) is 34.9 Å². The van der Waals surface area contributed by atoms with Crippen molar-refractivity contribution in [1.82, 2.24) is 4.90 Å². The fraction of sp³-hybridized carbons (Fsp3) is 0.562. The fourth-order valence-electron chi connectivity index (χ4n) is 2.21. The first-order valence-corrected chi connectivity index (χ1v) is 6.79. The number of ether oxygens (including phenoxy) is 3. The van der Waals surface area contributed by atoms with Gasteiger partial charge in [0, 0.05) is 19.2 Å². The Morgan fingerprint density at radius 3 is 1.86 bits per heavy atom. The van der Waals surface area contributed by atoms with Crippen LogP contribution in [0.15, 0.2) is 12.1 Å². The van der Waals surface area contributed by atoms with Crippen LogP contribution in [0.2, 0.25) is 0 Å². The van der Waals surface area contributed by atoms with Gasteiger partial charge in [-0.3, -0.25) is 4.79 Å². The van der Waals surface area contributed by atoms with Crippen LogP contribution < -0.4 is 14.2 Å². The zero-order valence-corrected chi connectivity index (χ0v) is 13.9. The third kappa shape index (κ3) is 4.28. The van der Waals surface area contributed by atoms with Gasteiger partial charge in [-0.15, -0.1) is 0 Å². The van der Waals surface area contributed by atoms with Crippen LogP contribution >= 0.6 is 0 Å². The summed E-state index contributed by atoms with van der Waals surface area (Å²) in [4.78, 5) is 14.2. The minimum atomic E-state index is -0.0795. The molecule has 0 aliphatic rings. The lowest BCUT2D eigenvalue weighted by molar-refractivity contribution is 0.0745. The van der Waals surface area contributed by atoms with Gasteiger partial charge in [0.2, 0.25) is 5.75 Å². The Morgan fingerprint density at radius 1 is 1.05 bits per heavy atom. The van der Waals surface area contributed by atoms with E-state index in [1.165, 1.54) is 21.3 Å². The zero-order chi connectivity index (χ0) is 16.2. The normalized spacial score (nSPS) is 11.0. The highest BCUT2D eigenvalue weighted by Crippen LogP contribution is 2.38. The average Bonchev–Trinajstić information content (AvgIpc) is 2.42. The van der Waals surface area contributed by atoms with E-state index in [-0.39, 0.29) is 11.3 Å². The third-order valence-electron chi connectivity index (χ3n) is 2.97. The van der Waals surface area contributed by atoms with E-state index < -0.39 is 0 Å². The number of carbonyl (C=O) groups is 1. The van der Waals surface area contributed by atoms with Crippen molar-refractivity contribution in [2.24, 2.45) is 5.41 Å². The monoisotopic (exact) mass is 295 g/mol. The molecule has 1 aromatic carbocycles. The van der Waals surface area contributed by atoms with Crippen molar-refractivity contribution >= 4 is 5.91 Å². The Labute approximate surface area is 126 Å². The summed E-state index contributed by atoms with van der Waals surface area (Å²) < 4.78 is 15.8. The smallest absolute Gasteiger partial charge is 0.253 e. The Balaban J connectivity index is 3.16. The van der Waals surface area contributed by atoms with E-state index in [0.717, 1.165) is 0 Å². The molecule has 5 heteroatoms. The Bertz CT molecular complexity index is 480. The molecule has 1 aromatic rings. The van der Waals surface area contributed by atoms with Crippen molar-refractivity contribution < 1.29 is 19.0 Å². The van der Waals surface area contributed by atoms with Crippen LogP contribution in [0.25, 0.3) is 0 Å². The fourth-order valence-corrected chi connectivity index (χ4v) is 2.21. The lowest BCUT2D eigenvalue weighted by Crippen LogP contribution is -2.34. The van der Waals surface area contributed by atoms with Crippen molar-refractivity contribution in [3.63, 3.8) is 0 Å². The summed E-state index contributed by atoms with van der Waals surface area (Å²) in [6.45, 7) is 6.92. The van der Waals surface area contributed by atoms with E-state index in [0.29, 0.717) is 29.4 Å². The van der Waals surface area contributed by atoms with Gasteiger partial charge in [-0.2, -0.15) is 0 Å². The van der Waals surface area contributed by atoms with Crippen molar-refractivity contribution in [3.05, 3.63) is 17.7 Å². The highest BCUT2D eigenvalue weighted by atomic mass is 16.5. The number of nitrogens with zero attached hydrogens (tertiary/aromatic N) is 1. The van der Waals surface area contributed by atoms with Crippen LogP contribution in [0, 0.1) is 5.41 Å². The summed E-state index contributed by atoms with van der Waals surface area (Å²) in [6, 6.07) is 3.34. The molecule has 0 saturated heterocycles. The highest BCUT2D eigenvalue weighted by molar-refractivity contribution is 5.95. The van der Waals surface area contributed by atoms with E-state index in [1.54, 1.807) is 24.1 Å². The van der Waals surface area contributed by atoms with E-state index in [4.69, 9.17) is 14.2 Å². The molecular weight excluding hydrogens is 270 g/mol. The van der Waals surface area contributed by atoms with Crippen LogP contribution in [-0.4, -0.2) is 45.7 Å². The summed E-state index contributed by atoms with van der Waals surface area (Å²) >= 11 is 0. The summed E-state index contributed by atoms with van der Waals surface area (Å²) in [7, 11) is 6.39. The standard InChI is InChI=1S/C16H25NO4/c1-16(2,3)10-17(4)15(18)11-8-12(19-5)14(21-7)13(9-11)20-6/h8-9H,10H2,1-7H3. The topological polar surface area (TPSA) is 48.0 Å². The van der Waals surface area contributed by atoms with Gasteiger partial charge in [-0.05, 0) is 17.5 Å². The molecule has 0 heterocycles. The Hall–Kier alpha value is -1.91.